The van der Waals surface area contributed by atoms with E-state index < -0.39 is 29.7 Å². The Morgan fingerprint density at radius 3 is 2.52 bits per heavy atom. The van der Waals surface area contributed by atoms with Crippen LogP contribution in [-0.2, 0) is 16.0 Å². The van der Waals surface area contributed by atoms with Crippen LogP contribution in [0.1, 0.15) is 17.5 Å². The maximum absolute atomic E-state index is 12.9. The van der Waals surface area contributed by atoms with Crippen molar-refractivity contribution in [3.05, 3.63) is 33.9 Å². The zero-order valence-electron chi connectivity index (χ0n) is 11.5. The Balaban J connectivity index is 2.47. The summed E-state index contributed by atoms with van der Waals surface area (Å²) >= 11 is 5.92. The Labute approximate surface area is 133 Å². The van der Waals surface area contributed by atoms with E-state index in [0.717, 1.165) is 6.08 Å². The van der Waals surface area contributed by atoms with Crippen molar-refractivity contribution in [2.45, 2.75) is 25.1 Å². The van der Waals surface area contributed by atoms with Gasteiger partial charge in [-0.1, -0.05) is 11.6 Å². The van der Waals surface area contributed by atoms with Gasteiger partial charge in [0.1, 0.15) is 5.75 Å². The summed E-state index contributed by atoms with van der Waals surface area (Å²) < 4.78 is 43.6. The van der Waals surface area contributed by atoms with Gasteiger partial charge in [0.25, 0.3) is 0 Å². The molecule has 1 atom stereocenters. The summed E-state index contributed by atoms with van der Waals surface area (Å²) in [5.74, 6) is -2.53. The summed E-state index contributed by atoms with van der Waals surface area (Å²) in [6.07, 6.45) is -6.37. The zero-order valence-corrected chi connectivity index (χ0v) is 12.2. The molecule has 124 valence electrons. The lowest BCUT2D eigenvalue weighted by Crippen LogP contribution is -2.40. The van der Waals surface area contributed by atoms with Gasteiger partial charge in [-0.25, -0.2) is 4.79 Å². The first-order valence-corrected chi connectivity index (χ1v) is 6.76. The summed E-state index contributed by atoms with van der Waals surface area (Å²) in [5, 5.41) is 8.87. The van der Waals surface area contributed by atoms with Gasteiger partial charge in [-0.2, -0.15) is 13.2 Å². The fraction of sp³-hybridized carbons (Fsp3) is 0.286. The summed E-state index contributed by atoms with van der Waals surface area (Å²) in [4.78, 5) is 21.9. The van der Waals surface area contributed by atoms with Gasteiger partial charge in [0, 0.05) is 12.0 Å². The average molecular weight is 350 g/mol. The molecule has 1 unspecified atom stereocenters. The molecule has 0 saturated carbocycles. The number of carboxylic acids is 1. The van der Waals surface area contributed by atoms with Crippen LogP contribution in [0.5, 0.6) is 5.75 Å². The normalized spacial score (nSPS) is 17.0. The first kappa shape index (κ1) is 17.1. The third-order valence-electron chi connectivity index (χ3n) is 3.17. The van der Waals surface area contributed by atoms with E-state index in [2.05, 4.69) is 0 Å². The molecule has 9 heteroatoms. The molecule has 0 aliphatic carbocycles. The van der Waals surface area contributed by atoms with Gasteiger partial charge in [0.05, 0.1) is 10.6 Å². The number of benzene rings is 1. The van der Waals surface area contributed by atoms with E-state index in [-0.39, 0.29) is 29.2 Å². The number of aliphatic carboxylic acids is 1. The fourth-order valence-electron chi connectivity index (χ4n) is 2.16. The molecule has 1 aliphatic heterocycles. The van der Waals surface area contributed by atoms with E-state index in [1.54, 1.807) is 0 Å². The maximum atomic E-state index is 12.9. The number of carboxylic acid groups (broad SMARTS) is 1. The number of hydrogen-bond acceptors (Lipinski definition) is 3. The van der Waals surface area contributed by atoms with Crippen LogP contribution < -0.4 is 10.5 Å². The van der Waals surface area contributed by atoms with Gasteiger partial charge >= 0.3 is 12.1 Å². The first-order chi connectivity index (χ1) is 10.6. The van der Waals surface area contributed by atoms with Crippen molar-refractivity contribution < 1.29 is 32.6 Å². The quantitative estimate of drug-likeness (QED) is 0.874. The van der Waals surface area contributed by atoms with E-state index in [4.69, 9.17) is 27.2 Å². The molecule has 3 N–H and O–H groups in total. The number of alkyl halides is 3. The maximum Gasteiger partial charge on any atom is 0.430 e. The highest BCUT2D eigenvalue weighted by Crippen LogP contribution is 2.41. The van der Waals surface area contributed by atoms with E-state index in [1.807, 2.05) is 0 Å². The third-order valence-corrected chi connectivity index (χ3v) is 3.45. The molecule has 0 fully saturated rings. The van der Waals surface area contributed by atoms with Gasteiger partial charge in [-0.05, 0) is 30.2 Å². The monoisotopic (exact) mass is 349 g/mol. The lowest BCUT2D eigenvalue weighted by molar-refractivity contribution is -0.187. The number of primary amides is 1. The summed E-state index contributed by atoms with van der Waals surface area (Å²) in [5.41, 5.74) is 4.73. The van der Waals surface area contributed by atoms with Crippen LogP contribution in [-0.4, -0.2) is 29.3 Å². The van der Waals surface area contributed by atoms with Gasteiger partial charge < -0.3 is 15.6 Å². The van der Waals surface area contributed by atoms with Crippen LogP contribution in [0.4, 0.5) is 13.2 Å². The van der Waals surface area contributed by atoms with Crippen LogP contribution in [0.2, 0.25) is 5.02 Å². The molecule has 23 heavy (non-hydrogen) atoms. The molecule has 2 rings (SSSR count). The highest BCUT2D eigenvalue weighted by Gasteiger charge is 2.48. The number of fused-ring (bicyclic) bond motifs is 1. The number of aryl methyl sites for hydroxylation is 1. The number of rotatable bonds is 4. The minimum absolute atomic E-state index is 0.0245. The second kappa shape index (κ2) is 6.11. The van der Waals surface area contributed by atoms with E-state index in [9.17, 15) is 22.8 Å². The molecule has 0 spiro atoms. The molecule has 0 saturated heterocycles. The molecule has 1 heterocycles. The van der Waals surface area contributed by atoms with Crippen LogP contribution in [0.15, 0.2) is 17.7 Å². The Bertz CT molecular complexity index is 700. The van der Waals surface area contributed by atoms with Crippen LogP contribution in [0, 0.1) is 0 Å². The fourth-order valence-corrected chi connectivity index (χ4v) is 2.45. The smallest absolute Gasteiger partial charge is 0.430 e. The molecule has 1 aromatic carbocycles. The first-order valence-electron chi connectivity index (χ1n) is 6.38. The lowest BCUT2D eigenvalue weighted by atomic mass is 9.98. The Hall–Kier alpha value is -2.22. The largest absolute Gasteiger partial charge is 0.478 e. The second-order valence-electron chi connectivity index (χ2n) is 4.91. The molecule has 1 amide bonds. The molecule has 0 radical (unpaired) electrons. The summed E-state index contributed by atoms with van der Waals surface area (Å²) in [6.45, 7) is 0. The van der Waals surface area contributed by atoms with Crippen molar-refractivity contribution in [3.8, 4) is 5.75 Å². The standard InChI is InChI=1S/C14H11ClF3NO4/c15-9-4-6(1-2-10(19)20)3-7-5-8(13(21)22)12(14(16,17)18)23-11(7)9/h3-5,12H,1-2H2,(H2,19,20)(H,21,22). The molecular formula is C14H11ClF3NO4. The summed E-state index contributed by atoms with van der Waals surface area (Å²) in [6, 6.07) is 2.77. The number of carbonyl (C=O) groups is 2. The predicted molar refractivity (Wildman–Crippen MR) is 75.1 cm³/mol. The molecule has 1 aromatic rings. The summed E-state index contributed by atoms with van der Waals surface area (Å²) in [7, 11) is 0. The number of amides is 1. The molecule has 5 nitrogen and oxygen atoms in total. The van der Waals surface area contributed by atoms with Crippen molar-refractivity contribution in [3.63, 3.8) is 0 Å². The highest BCUT2D eigenvalue weighted by molar-refractivity contribution is 6.32. The number of hydrogen-bond donors (Lipinski definition) is 2. The van der Waals surface area contributed by atoms with E-state index in [1.165, 1.54) is 12.1 Å². The third kappa shape index (κ3) is 3.76. The molecular weight excluding hydrogens is 339 g/mol. The minimum atomic E-state index is -4.89. The molecule has 0 aromatic heterocycles. The predicted octanol–water partition coefficient (Wildman–Crippen LogP) is 2.55. The Kier molecular flexibility index (Phi) is 4.56. The van der Waals surface area contributed by atoms with Gasteiger partial charge in [-0.3, -0.25) is 4.79 Å². The molecule has 0 bridgehead atoms. The SMILES string of the molecule is NC(=O)CCc1cc(Cl)c2c(c1)C=C(C(=O)O)C(C(F)(F)F)O2. The van der Waals surface area contributed by atoms with Crippen molar-refractivity contribution in [2.24, 2.45) is 5.73 Å². The van der Waals surface area contributed by atoms with Crippen molar-refractivity contribution in [1.29, 1.82) is 0 Å². The van der Waals surface area contributed by atoms with E-state index in [0.29, 0.717) is 5.56 Å². The second-order valence-corrected chi connectivity index (χ2v) is 5.31. The topological polar surface area (TPSA) is 89.6 Å². The molecule has 1 aliphatic rings. The zero-order chi connectivity index (χ0) is 17.4. The van der Waals surface area contributed by atoms with Crippen LogP contribution >= 0.6 is 11.6 Å². The van der Waals surface area contributed by atoms with Crippen LogP contribution in [0.3, 0.4) is 0 Å². The Morgan fingerprint density at radius 2 is 2.00 bits per heavy atom. The highest BCUT2D eigenvalue weighted by atomic mass is 35.5. The van der Waals surface area contributed by atoms with Gasteiger partial charge in [0.2, 0.25) is 12.0 Å². The Morgan fingerprint density at radius 1 is 1.35 bits per heavy atom. The van der Waals surface area contributed by atoms with Gasteiger partial charge in [-0.15, -0.1) is 0 Å². The number of halogens is 4. The van der Waals surface area contributed by atoms with Crippen molar-refractivity contribution in [1.82, 2.24) is 0 Å². The number of ether oxygens (including phenoxy) is 1. The average Bonchev–Trinajstić information content (AvgIpc) is 2.42. The van der Waals surface area contributed by atoms with Crippen molar-refractivity contribution >= 4 is 29.6 Å². The van der Waals surface area contributed by atoms with Crippen LogP contribution in [0.25, 0.3) is 6.08 Å². The van der Waals surface area contributed by atoms with Crippen molar-refractivity contribution in [2.75, 3.05) is 0 Å². The van der Waals surface area contributed by atoms with E-state index >= 15 is 0 Å². The number of carbonyl (C=O) groups excluding carboxylic acids is 1. The number of nitrogens with two attached hydrogens (primary N) is 1. The van der Waals surface area contributed by atoms with Gasteiger partial charge in [0.15, 0.2) is 0 Å². The lowest BCUT2D eigenvalue weighted by Gasteiger charge is -2.28. The minimum Gasteiger partial charge on any atom is -0.478 e.